The zero-order valence-electron chi connectivity index (χ0n) is 17.9. The largest absolute Gasteiger partial charge is 0.326 e. The summed E-state index contributed by atoms with van der Waals surface area (Å²) in [5.41, 5.74) is 2.75. The molecule has 0 saturated heterocycles. The highest BCUT2D eigenvalue weighted by Crippen LogP contribution is 2.30. The van der Waals surface area contributed by atoms with Gasteiger partial charge in [0.15, 0.2) is 0 Å². The summed E-state index contributed by atoms with van der Waals surface area (Å²) in [6.45, 7) is 6.00. The number of fused-ring (bicyclic) bond motifs is 1. The van der Waals surface area contributed by atoms with Gasteiger partial charge in [0.05, 0.1) is 17.1 Å². The van der Waals surface area contributed by atoms with Crippen LogP contribution < -0.4 is 16.0 Å². The highest BCUT2D eigenvalue weighted by atomic mass is 19.1. The second kappa shape index (κ2) is 8.07. The maximum atomic E-state index is 13.9. The second-order valence-electron chi connectivity index (χ2n) is 8.67. The van der Waals surface area contributed by atoms with Crippen molar-refractivity contribution < 1.29 is 18.4 Å². The Labute approximate surface area is 183 Å². The van der Waals surface area contributed by atoms with E-state index in [1.54, 1.807) is 22.9 Å². The number of amides is 3. The summed E-state index contributed by atoms with van der Waals surface area (Å²) in [4.78, 5) is 24.2. The van der Waals surface area contributed by atoms with Crippen LogP contribution in [0.1, 0.15) is 38.4 Å². The Morgan fingerprint density at radius 2 is 1.84 bits per heavy atom. The van der Waals surface area contributed by atoms with E-state index < -0.39 is 17.7 Å². The zero-order valence-corrected chi connectivity index (χ0v) is 17.9. The van der Waals surface area contributed by atoms with Gasteiger partial charge in [0.25, 0.3) is 0 Å². The van der Waals surface area contributed by atoms with Gasteiger partial charge in [-0.05, 0) is 42.3 Å². The Kier molecular flexibility index (Phi) is 5.41. The first-order chi connectivity index (χ1) is 15.1. The fraction of sp³-hybridized carbons (Fsp3) is 0.261. The fourth-order valence-corrected chi connectivity index (χ4v) is 3.40. The molecule has 0 bridgehead atoms. The maximum Gasteiger partial charge on any atom is 0.324 e. The van der Waals surface area contributed by atoms with E-state index in [0.717, 1.165) is 29.1 Å². The molecule has 3 N–H and O–H groups in total. The lowest BCUT2D eigenvalue weighted by atomic mass is 9.92. The van der Waals surface area contributed by atoms with E-state index in [4.69, 9.17) is 0 Å². The van der Waals surface area contributed by atoms with Crippen LogP contribution in [0.25, 0.3) is 5.69 Å². The highest BCUT2D eigenvalue weighted by Gasteiger charge is 2.23. The third-order valence-electron chi connectivity index (χ3n) is 5.13. The molecule has 0 unspecified atom stereocenters. The van der Waals surface area contributed by atoms with E-state index >= 15 is 0 Å². The molecule has 0 atom stereocenters. The molecule has 3 aromatic rings. The molecule has 0 radical (unpaired) electrons. The monoisotopic (exact) mass is 439 g/mol. The number of hydrogen-bond donors (Lipinski definition) is 3. The summed E-state index contributed by atoms with van der Waals surface area (Å²) in [6, 6.07) is 9.49. The number of carbonyl (C=O) groups is 2. The number of anilines is 3. The molecule has 1 aliphatic rings. The summed E-state index contributed by atoms with van der Waals surface area (Å²) in [5, 5.41) is 12.6. The molecule has 0 fully saturated rings. The van der Waals surface area contributed by atoms with Gasteiger partial charge in [-0.25, -0.2) is 18.3 Å². The molecule has 7 nitrogen and oxygen atoms in total. The van der Waals surface area contributed by atoms with Crippen LogP contribution in [-0.2, 0) is 16.6 Å². The first-order valence-corrected chi connectivity index (χ1v) is 10.2. The SMILES string of the molecule is CC(C)(C)c1cc(NC(=O)Nc2ccc(F)cc2F)n(-c2ccc3c(c2)CCC(=O)N3)n1. The van der Waals surface area contributed by atoms with E-state index in [9.17, 15) is 18.4 Å². The number of rotatable bonds is 3. The summed E-state index contributed by atoms with van der Waals surface area (Å²) in [7, 11) is 0. The average Bonchev–Trinajstić information content (AvgIpc) is 3.14. The van der Waals surface area contributed by atoms with Gasteiger partial charge in [-0.15, -0.1) is 0 Å². The van der Waals surface area contributed by atoms with Gasteiger partial charge >= 0.3 is 6.03 Å². The Hall–Kier alpha value is -3.75. The number of aromatic nitrogens is 2. The number of halogens is 2. The van der Waals surface area contributed by atoms with Crippen molar-refractivity contribution in [3.63, 3.8) is 0 Å². The third kappa shape index (κ3) is 4.46. The first-order valence-electron chi connectivity index (χ1n) is 10.2. The Balaban J connectivity index is 1.65. The number of hydrogen-bond acceptors (Lipinski definition) is 3. The summed E-state index contributed by atoms with van der Waals surface area (Å²) in [5.74, 6) is -1.24. The summed E-state index contributed by atoms with van der Waals surface area (Å²) >= 11 is 0. The van der Waals surface area contributed by atoms with Crippen LogP contribution in [0.3, 0.4) is 0 Å². The summed E-state index contributed by atoms with van der Waals surface area (Å²) in [6.07, 6.45) is 1.01. The summed E-state index contributed by atoms with van der Waals surface area (Å²) < 4.78 is 28.6. The molecule has 1 aliphatic heterocycles. The number of nitrogens with zero attached hydrogens (tertiary/aromatic N) is 2. The molecule has 1 aromatic heterocycles. The first kappa shape index (κ1) is 21.5. The molecule has 3 amide bonds. The van der Waals surface area contributed by atoms with E-state index in [-0.39, 0.29) is 17.0 Å². The average molecular weight is 439 g/mol. The van der Waals surface area contributed by atoms with Crippen molar-refractivity contribution in [2.45, 2.75) is 39.0 Å². The number of benzene rings is 2. The minimum absolute atomic E-state index is 0.0218. The molecule has 2 heterocycles. The van der Waals surface area contributed by atoms with Crippen molar-refractivity contribution >= 4 is 29.1 Å². The van der Waals surface area contributed by atoms with Crippen LogP contribution in [0, 0.1) is 11.6 Å². The number of carbonyl (C=O) groups excluding carboxylic acids is 2. The van der Waals surface area contributed by atoms with Gasteiger partial charge in [0.2, 0.25) is 5.91 Å². The van der Waals surface area contributed by atoms with Crippen molar-refractivity contribution in [2.24, 2.45) is 0 Å². The normalized spacial score (nSPS) is 13.3. The molecule has 0 aliphatic carbocycles. The maximum absolute atomic E-state index is 13.9. The number of urea groups is 1. The van der Waals surface area contributed by atoms with Gasteiger partial charge in [0, 0.05) is 29.7 Å². The lowest BCUT2D eigenvalue weighted by Gasteiger charge is -2.18. The lowest BCUT2D eigenvalue weighted by molar-refractivity contribution is -0.116. The zero-order chi connectivity index (χ0) is 23.0. The molecular formula is C23H23F2N5O2. The van der Waals surface area contributed by atoms with Crippen LogP contribution in [0.2, 0.25) is 0 Å². The Bertz CT molecular complexity index is 1210. The van der Waals surface area contributed by atoms with Crippen molar-refractivity contribution in [1.29, 1.82) is 0 Å². The van der Waals surface area contributed by atoms with Gasteiger partial charge < -0.3 is 10.6 Å². The van der Waals surface area contributed by atoms with Gasteiger partial charge in [-0.1, -0.05) is 20.8 Å². The molecule has 166 valence electrons. The van der Waals surface area contributed by atoms with E-state index in [0.29, 0.717) is 30.4 Å². The number of aryl methyl sites for hydroxylation is 1. The molecule has 0 spiro atoms. The Morgan fingerprint density at radius 1 is 1.06 bits per heavy atom. The molecule has 9 heteroatoms. The third-order valence-corrected chi connectivity index (χ3v) is 5.13. The Morgan fingerprint density at radius 3 is 2.56 bits per heavy atom. The molecule has 0 saturated carbocycles. The van der Waals surface area contributed by atoms with Gasteiger partial charge in [-0.3, -0.25) is 10.1 Å². The smallest absolute Gasteiger partial charge is 0.324 e. The fourth-order valence-electron chi connectivity index (χ4n) is 3.40. The standard InChI is InChI=1S/C23H23F2N5O2/c1-23(2,3)19-12-20(28-22(32)27-18-7-5-14(24)11-16(18)25)30(29-19)15-6-8-17-13(10-15)4-9-21(31)26-17/h5-8,10-12H,4,9H2,1-3H3,(H,26,31)(H2,27,28,32). The van der Waals surface area contributed by atoms with Gasteiger partial charge in [0.1, 0.15) is 17.5 Å². The van der Waals surface area contributed by atoms with E-state index in [2.05, 4.69) is 21.0 Å². The lowest BCUT2D eigenvalue weighted by Crippen LogP contribution is -2.22. The topological polar surface area (TPSA) is 88.0 Å². The molecule has 2 aromatic carbocycles. The van der Waals surface area contributed by atoms with Crippen LogP contribution in [0.5, 0.6) is 0 Å². The number of nitrogens with one attached hydrogen (secondary N) is 3. The van der Waals surface area contributed by atoms with Crippen LogP contribution in [-0.4, -0.2) is 21.7 Å². The molecule has 4 rings (SSSR count). The quantitative estimate of drug-likeness (QED) is 0.538. The predicted octanol–water partition coefficient (Wildman–Crippen LogP) is 4.98. The molecular weight excluding hydrogens is 416 g/mol. The van der Waals surface area contributed by atoms with E-state index in [1.807, 2.05) is 26.8 Å². The highest BCUT2D eigenvalue weighted by molar-refractivity contribution is 5.99. The minimum atomic E-state index is -0.874. The molecule has 32 heavy (non-hydrogen) atoms. The van der Waals surface area contributed by atoms with Crippen molar-refractivity contribution in [1.82, 2.24) is 9.78 Å². The van der Waals surface area contributed by atoms with Crippen LogP contribution >= 0.6 is 0 Å². The van der Waals surface area contributed by atoms with Crippen LogP contribution in [0.15, 0.2) is 42.5 Å². The van der Waals surface area contributed by atoms with Crippen molar-refractivity contribution in [2.75, 3.05) is 16.0 Å². The van der Waals surface area contributed by atoms with Crippen molar-refractivity contribution in [3.05, 3.63) is 65.4 Å². The van der Waals surface area contributed by atoms with Crippen LogP contribution in [0.4, 0.5) is 30.8 Å². The second-order valence-corrected chi connectivity index (χ2v) is 8.67. The van der Waals surface area contributed by atoms with Crippen molar-refractivity contribution in [3.8, 4) is 5.69 Å². The van der Waals surface area contributed by atoms with E-state index in [1.165, 1.54) is 0 Å². The van der Waals surface area contributed by atoms with Gasteiger partial charge in [-0.2, -0.15) is 5.10 Å². The minimum Gasteiger partial charge on any atom is -0.326 e. The predicted molar refractivity (Wildman–Crippen MR) is 118 cm³/mol.